The van der Waals surface area contributed by atoms with Gasteiger partial charge in [0.1, 0.15) is 5.75 Å². The second-order valence-electron chi connectivity index (χ2n) is 5.45. The number of hydrogen-bond acceptors (Lipinski definition) is 5. The average Bonchev–Trinajstić information content (AvgIpc) is 2.55. The maximum absolute atomic E-state index is 11.9. The number of para-hydroxylation sites is 2. The van der Waals surface area contributed by atoms with Crippen LogP contribution in [0, 0.1) is 5.92 Å². The lowest BCUT2D eigenvalue weighted by molar-refractivity contribution is 0.0948. The zero-order valence-electron chi connectivity index (χ0n) is 13.7. The average molecular weight is 314 g/mol. The number of anilines is 2. The molecular weight excluding hydrogens is 292 g/mol. The molecule has 0 aliphatic heterocycles. The Bertz CT molecular complexity index is 641. The number of benzene rings is 1. The van der Waals surface area contributed by atoms with Gasteiger partial charge in [0.05, 0.1) is 17.9 Å². The first-order valence-corrected chi connectivity index (χ1v) is 7.69. The molecule has 1 heterocycles. The monoisotopic (exact) mass is 314 g/mol. The second-order valence-corrected chi connectivity index (χ2v) is 5.45. The first-order valence-electron chi connectivity index (χ1n) is 7.69. The van der Waals surface area contributed by atoms with Gasteiger partial charge < -0.3 is 15.4 Å². The fraction of sp³-hybridized carbons (Fsp3) is 0.353. The SMILES string of the molecule is CCOc1ccccc1Nc1ncc(C(=O)NCC(C)C)cn1. The van der Waals surface area contributed by atoms with Crippen molar-refractivity contribution < 1.29 is 9.53 Å². The van der Waals surface area contributed by atoms with Crippen LogP contribution in [0.5, 0.6) is 5.75 Å². The van der Waals surface area contributed by atoms with Gasteiger partial charge in [0.25, 0.3) is 5.91 Å². The summed E-state index contributed by atoms with van der Waals surface area (Å²) in [7, 11) is 0. The molecule has 0 bridgehead atoms. The van der Waals surface area contributed by atoms with Crippen molar-refractivity contribution in [3.05, 3.63) is 42.2 Å². The molecule has 1 amide bonds. The minimum Gasteiger partial charge on any atom is -0.492 e. The third-order valence-corrected chi connectivity index (χ3v) is 3.02. The summed E-state index contributed by atoms with van der Waals surface area (Å²) in [6, 6.07) is 7.56. The van der Waals surface area contributed by atoms with Crippen LogP contribution in [0.15, 0.2) is 36.7 Å². The first kappa shape index (κ1) is 16.7. The zero-order valence-corrected chi connectivity index (χ0v) is 13.7. The molecule has 6 nitrogen and oxygen atoms in total. The molecule has 2 N–H and O–H groups in total. The molecule has 1 aromatic heterocycles. The standard InChI is InChI=1S/C17H22N4O2/c1-4-23-15-8-6-5-7-14(15)21-17-19-10-13(11-20-17)16(22)18-9-12(2)3/h5-8,10-12H,4,9H2,1-3H3,(H,18,22)(H,19,20,21). The Balaban J connectivity index is 2.04. The van der Waals surface area contributed by atoms with Crippen molar-refractivity contribution >= 4 is 17.5 Å². The minimum atomic E-state index is -0.167. The lowest BCUT2D eigenvalue weighted by Gasteiger charge is -2.11. The normalized spacial score (nSPS) is 10.4. The summed E-state index contributed by atoms with van der Waals surface area (Å²) in [4.78, 5) is 20.3. The maximum atomic E-state index is 11.9. The molecule has 0 spiro atoms. The number of nitrogens with zero attached hydrogens (tertiary/aromatic N) is 2. The highest BCUT2D eigenvalue weighted by molar-refractivity contribution is 5.93. The molecule has 6 heteroatoms. The second kappa shape index (κ2) is 8.12. The Labute approximate surface area is 136 Å². The van der Waals surface area contributed by atoms with E-state index in [1.807, 2.05) is 45.0 Å². The Hall–Kier alpha value is -2.63. The molecule has 0 fully saturated rings. The van der Waals surface area contributed by atoms with Crippen LogP contribution in [-0.2, 0) is 0 Å². The molecule has 2 aromatic rings. The summed E-state index contributed by atoms with van der Waals surface area (Å²) in [5.41, 5.74) is 1.22. The highest BCUT2D eigenvalue weighted by atomic mass is 16.5. The number of amides is 1. The third-order valence-electron chi connectivity index (χ3n) is 3.02. The fourth-order valence-electron chi connectivity index (χ4n) is 1.88. The predicted molar refractivity (Wildman–Crippen MR) is 90.1 cm³/mol. The highest BCUT2D eigenvalue weighted by Crippen LogP contribution is 2.25. The van der Waals surface area contributed by atoms with Gasteiger partial charge in [-0.05, 0) is 25.0 Å². The minimum absolute atomic E-state index is 0.167. The molecule has 0 saturated carbocycles. The van der Waals surface area contributed by atoms with Gasteiger partial charge in [-0.15, -0.1) is 0 Å². The predicted octanol–water partition coefficient (Wildman–Crippen LogP) is 3.00. The lowest BCUT2D eigenvalue weighted by atomic mass is 10.2. The molecular formula is C17H22N4O2. The van der Waals surface area contributed by atoms with Crippen LogP contribution in [-0.4, -0.2) is 29.0 Å². The summed E-state index contributed by atoms with van der Waals surface area (Å²) < 4.78 is 5.54. The van der Waals surface area contributed by atoms with Gasteiger partial charge in [-0.25, -0.2) is 9.97 Å². The number of aromatic nitrogens is 2. The molecule has 0 aliphatic carbocycles. The van der Waals surface area contributed by atoms with E-state index in [4.69, 9.17) is 4.74 Å². The summed E-state index contributed by atoms with van der Waals surface area (Å²) in [6.45, 7) is 7.21. The van der Waals surface area contributed by atoms with E-state index in [-0.39, 0.29) is 5.91 Å². The first-order chi connectivity index (χ1) is 11.1. The third kappa shape index (κ3) is 4.95. The number of carbonyl (C=O) groups excluding carboxylic acids is 1. The quantitative estimate of drug-likeness (QED) is 0.821. The van der Waals surface area contributed by atoms with Crippen LogP contribution in [0.1, 0.15) is 31.1 Å². The van der Waals surface area contributed by atoms with E-state index in [0.29, 0.717) is 30.6 Å². The number of carbonyl (C=O) groups is 1. The highest BCUT2D eigenvalue weighted by Gasteiger charge is 2.09. The van der Waals surface area contributed by atoms with Gasteiger partial charge in [-0.1, -0.05) is 26.0 Å². The number of hydrogen-bond donors (Lipinski definition) is 2. The van der Waals surface area contributed by atoms with Crippen molar-refractivity contribution in [3.63, 3.8) is 0 Å². The van der Waals surface area contributed by atoms with Crippen molar-refractivity contribution in [1.29, 1.82) is 0 Å². The molecule has 0 atom stereocenters. The molecule has 0 unspecified atom stereocenters. The molecule has 0 saturated heterocycles. The van der Waals surface area contributed by atoms with E-state index in [0.717, 1.165) is 11.4 Å². The van der Waals surface area contributed by atoms with Crippen LogP contribution >= 0.6 is 0 Å². The van der Waals surface area contributed by atoms with Gasteiger partial charge in [-0.2, -0.15) is 0 Å². The van der Waals surface area contributed by atoms with Crippen LogP contribution < -0.4 is 15.4 Å². The van der Waals surface area contributed by atoms with Crippen molar-refractivity contribution in [2.45, 2.75) is 20.8 Å². The summed E-state index contributed by atoms with van der Waals surface area (Å²) >= 11 is 0. The Morgan fingerprint density at radius 1 is 1.22 bits per heavy atom. The van der Waals surface area contributed by atoms with Gasteiger partial charge in [0.2, 0.25) is 5.95 Å². The summed E-state index contributed by atoms with van der Waals surface area (Å²) in [5.74, 6) is 1.38. The Morgan fingerprint density at radius 2 is 1.91 bits per heavy atom. The van der Waals surface area contributed by atoms with E-state index in [1.165, 1.54) is 12.4 Å². The van der Waals surface area contributed by atoms with Crippen LogP contribution in [0.25, 0.3) is 0 Å². The smallest absolute Gasteiger partial charge is 0.254 e. The van der Waals surface area contributed by atoms with Crippen LogP contribution in [0.3, 0.4) is 0 Å². The molecule has 2 rings (SSSR count). The Kier molecular flexibility index (Phi) is 5.91. The van der Waals surface area contributed by atoms with Crippen molar-refractivity contribution in [3.8, 4) is 5.75 Å². The van der Waals surface area contributed by atoms with Gasteiger partial charge in [0.15, 0.2) is 0 Å². The Morgan fingerprint density at radius 3 is 2.57 bits per heavy atom. The van der Waals surface area contributed by atoms with Crippen molar-refractivity contribution in [2.24, 2.45) is 5.92 Å². The van der Waals surface area contributed by atoms with E-state index in [9.17, 15) is 4.79 Å². The van der Waals surface area contributed by atoms with E-state index < -0.39 is 0 Å². The molecule has 23 heavy (non-hydrogen) atoms. The van der Waals surface area contributed by atoms with Crippen molar-refractivity contribution in [1.82, 2.24) is 15.3 Å². The summed E-state index contributed by atoms with van der Waals surface area (Å²) in [6.07, 6.45) is 3.02. The van der Waals surface area contributed by atoms with Crippen molar-refractivity contribution in [2.75, 3.05) is 18.5 Å². The van der Waals surface area contributed by atoms with Gasteiger partial charge >= 0.3 is 0 Å². The largest absolute Gasteiger partial charge is 0.492 e. The molecule has 0 aliphatic rings. The zero-order chi connectivity index (χ0) is 16.7. The lowest BCUT2D eigenvalue weighted by Crippen LogP contribution is -2.27. The molecule has 122 valence electrons. The topological polar surface area (TPSA) is 76.1 Å². The summed E-state index contributed by atoms with van der Waals surface area (Å²) in [5, 5.41) is 5.93. The fourth-order valence-corrected chi connectivity index (χ4v) is 1.88. The van der Waals surface area contributed by atoms with E-state index >= 15 is 0 Å². The van der Waals surface area contributed by atoms with Gasteiger partial charge in [-0.3, -0.25) is 4.79 Å². The molecule has 0 radical (unpaired) electrons. The number of rotatable bonds is 7. The molecule has 1 aromatic carbocycles. The van der Waals surface area contributed by atoms with Gasteiger partial charge in [0, 0.05) is 18.9 Å². The number of ether oxygens (including phenoxy) is 1. The maximum Gasteiger partial charge on any atom is 0.254 e. The number of nitrogens with one attached hydrogen (secondary N) is 2. The van der Waals surface area contributed by atoms with Crippen LogP contribution in [0.2, 0.25) is 0 Å². The van der Waals surface area contributed by atoms with Crippen LogP contribution in [0.4, 0.5) is 11.6 Å². The van der Waals surface area contributed by atoms with E-state index in [1.54, 1.807) is 0 Å². The van der Waals surface area contributed by atoms with E-state index in [2.05, 4.69) is 20.6 Å².